The first-order valence-corrected chi connectivity index (χ1v) is 7.45. The molecule has 1 nitrogen and oxygen atoms in total. The Hall–Kier alpha value is 0.01000. The van der Waals surface area contributed by atoms with Gasteiger partial charge in [0.1, 0.15) is 0 Å². The second kappa shape index (κ2) is 7.31. The smallest absolute Gasteiger partial charge is 0.182 e. The van der Waals surface area contributed by atoms with E-state index in [0.29, 0.717) is 10.1 Å². The van der Waals surface area contributed by atoms with Crippen LogP contribution in [0.5, 0.6) is 0 Å². The molecule has 0 spiro atoms. The van der Waals surface area contributed by atoms with Crippen molar-refractivity contribution in [3.63, 3.8) is 0 Å². The quantitative estimate of drug-likeness (QED) is 0.531. The molecule has 1 heterocycles. The van der Waals surface area contributed by atoms with Gasteiger partial charge in [-0.25, -0.2) is 0 Å². The van der Waals surface area contributed by atoms with E-state index in [1.165, 1.54) is 30.6 Å². The molecule has 15 heavy (non-hydrogen) atoms. The summed E-state index contributed by atoms with van der Waals surface area (Å²) in [5.74, 6) is 1.87. The lowest BCUT2D eigenvalue weighted by Gasteiger charge is -1.98. The van der Waals surface area contributed by atoms with E-state index in [1.807, 2.05) is 6.07 Å². The Morgan fingerprint density at radius 3 is 2.87 bits per heavy atom. The molecule has 0 aliphatic carbocycles. The largest absolute Gasteiger partial charge is 0.292 e. The zero-order chi connectivity index (χ0) is 11.1. The van der Waals surface area contributed by atoms with E-state index in [-0.39, 0.29) is 5.78 Å². The van der Waals surface area contributed by atoms with Gasteiger partial charge in [0.2, 0.25) is 0 Å². The molecule has 1 aromatic heterocycles. The van der Waals surface area contributed by atoms with E-state index in [0.717, 1.165) is 10.6 Å². The molecule has 0 atom stereocenters. The first-order valence-electron chi connectivity index (χ1n) is 5.10. The minimum absolute atomic E-state index is 0.202. The van der Waals surface area contributed by atoms with Crippen LogP contribution in [0, 0.1) is 0 Å². The van der Waals surface area contributed by atoms with Crippen molar-refractivity contribution in [1.82, 2.24) is 0 Å². The minimum Gasteiger partial charge on any atom is -0.292 e. The summed E-state index contributed by atoms with van der Waals surface area (Å²) in [5, 5.41) is 0. The normalized spacial score (nSPS) is 10.5. The van der Waals surface area contributed by atoms with E-state index in [1.54, 1.807) is 17.8 Å². The van der Waals surface area contributed by atoms with Crippen molar-refractivity contribution >= 4 is 40.5 Å². The average Bonchev–Trinajstić information content (AvgIpc) is 2.64. The monoisotopic (exact) mass is 262 g/mol. The third kappa shape index (κ3) is 5.05. The summed E-state index contributed by atoms with van der Waals surface area (Å²) < 4.78 is 0.689. The predicted molar refractivity (Wildman–Crippen MR) is 70.5 cm³/mol. The van der Waals surface area contributed by atoms with Crippen LogP contribution < -0.4 is 0 Å². The summed E-state index contributed by atoms with van der Waals surface area (Å²) in [5.41, 5.74) is 0. The number of carbonyl (C=O) groups is 1. The molecule has 0 unspecified atom stereocenters. The zero-order valence-electron chi connectivity index (χ0n) is 8.79. The summed E-state index contributed by atoms with van der Waals surface area (Å²) in [6, 6.07) is 3.59. The third-order valence-corrected chi connectivity index (χ3v) is 4.29. The molecule has 0 fully saturated rings. The van der Waals surface area contributed by atoms with Crippen molar-refractivity contribution in [2.75, 3.05) is 11.5 Å². The fourth-order valence-electron chi connectivity index (χ4n) is 1.15. The molecule has 4 heteroatoms. The maximum absolute atomic E-state index is 11.6. The van der Waals surface area contributed by atoms with Crippen LogP contribution in [0.3, 0.4) is 0 Å². The van der Waals surface area contributed by atoms with Crippen molar-refractivity contribution in [2.45, 2.75) is 26.2 Å². The molecular weight excluding hydrogens is 248 g/mol. The number of hydrogen-bond acceptors (Lipinski definition) is 3. The Bertz CT molecular complexity index is 309. The molecule has 1 rings (SSSR count). The van der Waals surface area contributed by atoms with Gasteiger partial charge in [0.25, 0.3) is 0 Å². The average molecular weight is 263 g/mol. The number of thioether (sulfide) groups is 1. The number of unbranched alkanes of at least 4 members (excludes halogenated alkanes) is 2. The Kier molecular flexibility index (Phi) is 6.37. The molecular formula is C11H15ClOS2. The van der Waals surface area contributed by atoms with Gasteiger partial charge in [-0.05, 0) is 24.3 Å². The van der Waals surface area contributed by atoms with Crippen LogP contribution in [-0.4, -0.2) is 17.3 Å². The van der Waals surface area contributed by atoms with Gasteiger partial charge in [0.05, 0.1) is 15.0 Å². The fourth-order valence-corrected chi connectivity index (χ4v) is 3.12. The first-order chi connectivity index (χ1) is 7.24. The molecule has 0 aromatic carbocycles. The Morgan fingerprint density at radius 1 is 1.47 bits per heavy atom. The predicted octanol–water partition coefficient (Wildman–Crippen LogP) is 4.51. The lowest BCUT2D eigenvalue weighted by atomic mass is 10.3. The van der Waals surface area contributed by atoms with Crippen LogP contribution in [-0.2, 0) is 0 Å². The van der Waals surface area contributed by atoms with Gasteiger partial charge in [0.15, 0.2) is 5.78 Å². The van der Waals surface area contributed by atoms with E-state index < -0.39 is 0 Å². The number of carbonyl (C=O) groups excluding carboxylic acids is 1. The lowest BCUT2D eigenvalue weighted by Crippen LogP contribution is -2.00. The SMILES string of the molecule is CCCCCSCC(=O)c1ccc(Cl)s1. The number of ketones is 1. The molecule has 0 aliphatic rings. The van der Waals surface area contributed by atoms with Gasteiger partial charge in [-0.3, -0.25) is 4.79 Å². The summed E-state index contributed by atoms with van der Waals surface area (Å²) in [6.07, 6.45) is 3.70. The number of hydrogen-bond donors (Lipinski definition) is 0. The van der Waals surface area contributed by atoms with Crippen LogP contribution in [0.15, 0.2) is 12.1 Å². The molecule has 0 bridgehead atoms. The van der Waals surface area contributed by atoms with E-state index >= 15 is 0 Å². The topological polar surface area (TPSA) is 17.1 Å². The van der Waals surface area contributed by atoms with Crippen molar-refractivity contribution in [3.05, 3.63) is 21.3 Å². The Balaban J connectivity index is 2.19. The highest BCUT2D eigenvalue weighted by Gasteiger charge is 2.08. The highest BCUT2D eigenvalue weighted by atomic mass is 35.5. The highest BCUT2D eigenvalue weighted by Crippen LogP contribution is 2.22. The van der Waals surface area contributed by atoms with Crippen molar-refractivity contribution in [2.24, 2.45) is 0 Å². The van der Waals surface area contributed by atoms with Crippen LogP contribution in [0.2, 0.25) is 4.34 Å². The molecule has 0 saturated heterocycles. The molecule has 0 amide bonds. The molecule has 0 aliphatic heterocycles. The van der Waals surface area contributed by atoms with Gasteiger partial charge < -0.3 is 0 Å². The van der Waals surface area contributed by atoms with Crippen molar-refractivity contribution < 1.29 is 4.79 Å². The van der Waals surface area contributed by atoms with Gasteiger partial charge in [-0.1, -0.05) is 31.4 Å². The standard InChI is InChI=1S/C11H15ClOS2/c1-2-3-4-7-14-8-9(13)10-5-6-11(12)15-10/h5-6H,2-4,7-8H2,1H3. The van der Waals surface area contributed by atoms with Crippen LogP contribution >= 0.6 is 34.7 Å². The second-order valence-corrected chi connectivity index (χ2v) is 6.11. The number of thiophene rings is 1. The summed E-state index contributed by atoms with van der Waals surface area (Å²) in [4.78, 5) is 12.4. The van der Waals surface area contributed by atoms with Crippen LogP contribution in [0.25, 0.3) is 0 Å². The summed E-state index contributed by atoms with van der Waals surface area (Å²) in [7, 11) is 0. The van der Waals surface area contributed by atoms with Gasteiger partial charge >= 0.3 is 0 Å². The molecule has 84 valence electrons. The van der Waals surface area contributed by atoms with E-state index in [4.69, 9.17) is 11.6 Å². The van der Waals surface area contributed by atoms with Crippen LogP contribution in [0.1, 0.15) is 35.9 Å². The van der Waals surface area contributed by atoms with Crippen molar-refractivity contribution in [3.8, 4) is 0 Å². The second-order valence-electron chi connectivity index (χ2n) is 3.29. The number of halogens is 1. The maximum atomic E-state index is 11.6. The minimum atomic E-state index is 0.202. The number of Topliss-reactive ketones (excluding diaryl/α,β-unsaturated/α-hetero) is 1. The summed E-state index contributed by atoms with van der Waals surface area (Å²) >= 11 is 8.85. The van der Waals surface area contributed by atoms with E-state index in [2.05, 4.69) is 6.92 Å². The van der Waals surface area contributed by atoms with Gasteiger partial charge in [-0.15, -0.1) is 11.3 Å². The molecule has 0 radical (unpaired) electrons. The van der Waals surface area contributed by atoms with Crippen molar-refractivity contribution in [1.29, 1.82) is 0 Å². The molecule has 0 saturated carbocycles. The Labute approximate surface area is 104 Å². The maximum Gasteiger partial charge on any atom is 0.182 e. The molecule has 0 N–H and O–H groups in total. The lowest BCUT2D eigenvalue weighted by molar-refractivity contribution is 0.102. The number of rotatable bonds is 7. The highest BCUT2D eigenvalue weighted by molar-refractivity contribution is 7.99. The molecule has 1 aromatic rings. The van der Waals surface area contributed by atoms with Gasteiger partial charge in [0, 0.05) is 0 Å². The van der Waals surface area contributed by atoms with E-state index in [9.17, 15) is 4.79 Å². The third-order valence-electron chi connectivity index (χ3n) is 1.97. The summed E-state index contributed by atoms with van der Waals surface area (Å²) in [6.45, 7) is 2.18. The fraction of sp³-hybridized carbons (Fsp3) is 0.545. The van der Waals surface area contributed by atoms with Gasteiger partial charge in [-0.2, -0.15) is 11.8 Å². The Morgan fingerprint density at radius 2 is 2.27 bits per heavy atom. The zero-order valence-corrected chi connectivity index (χ0v) is 11.2. The van der Waals surface area contributed by atoms with Crippen LogP contribution in [0.4, 0.5) is 0 Å². The first kappa shape index (κ1) is 13.1.